The summed E-state index contributed by atoms with van der Waals surface area (Å²) in [6.07, 6.45) is 62.4. The fourth-order valence-corrected chi connectivity index (χ4v) is 7.59. The molecule has 0 aliphatic carbocycles. The molecule has 3 N–H and O–H groups in total. The molecule has 0 fully saturated rings. The second-order valence-corrected chi connectivity index (χ2v) is 17.6. The zero-order valence-corrected chi connectivity index (χ0v) is 40.7. The number of hydrogen-bond donors (Lipinski definition) is 3. The molecule has 0 saturated carbocycles. The van der Waals surface area contributed by atoms with Crippen LogP contribution in [-0.4, -0.2) is 46.9 Å². The number of nitrogens with one attached hydrogen (secondary N) is 1. The van der Waals surface area contributed by atoms with Crippen LogP contribution in [0.15, 0.2) is 72.9 Å². The SMILES string of the molecule is CC/C=C/C/C=C/C/C=C/C/C=C/CCCCCC(=O)OC(CCCCCC/C=C/C=C/CCCCC)CC(=O)NC(CO)C(O)CCCCCCCCCCCCCCCC. The molecule has 358 valence electrons. The molecule has 0 aromatic heterocycles. The Kier molecular flexibility index (Phi) is 47.2. The molecule has 0 spiro atoms. The normalized spacial score (nSPS) is 13.8. The number of rotatable bonds is 46. The molecule has 3 atom stereocenters. The van der Waals surface area contributed by atoms with Gasteiger partial charge in [0.25, 0.3) is 0 Å². The van der Waals surface area contributed by atoms with Crippen LogP contribution in [0.5, 0.6) is 0 Å². The quantitative estimate of drug-likeness (QED) is 0.0245. The number of aliphatic hydroxyl groups is 2. The Hall–Kier alpha value is -2.70. The number of esters is 1. The molecular formula is C56H99NO5. The van der Waals surface area contributed by atoms with Crippen molar-refractivity contribution in [3.63, 3.8) is 0 Å². The van der Waals surface area contributed by atoms with E-state index < -0.39 is 18.2 Å². The minimum absolute atomic E-state index is 0.0486. The van der Waals surface area contributed by atoms with E-state index in [1.807, 2.05) is 0 Å². The fourth-order valence-electron chi connectivity index (χ4n) is 7.59. The molecule has 6 heteroatoms. The third-order valence-corrected chi connectivity index (χ3v) is 11.5. The van der Waals surface area contributed by atoms with Crippen molar-refractivity contribution in [3.05, 3.63) is 72.9 Å². The van der Waals surface area contributed by atoms with Gasteiger partial charge in [0.1, 0.15) is 6.10 Å². The molecule has 62 heavy (non-hydrogen) atoms. The summed E-state index contributed by atoms with van der Waals surface area (Å²) < 4.78 is 5.91. The predicted octanol–water partition coefficient (Wildman–Crippen LogP) is 15.8. The van der Waals surface area contributed by atoms with Gasteiger partial charge in [-0.15, -0.1) is 0 Å². The van der Waals surface area contributed by atoms with Crippen LogP contribution in [0.3, 0.4) is 0 Å². The number of hydrogen-bond acceptors (Lipinski definition) is 5. The number of carbonyl (C=O) groups is 2. The van der Waals surface area contributed by atoms with Gasteiger partial charge in [-0.3, -0.25) is 9.59 Å². The van der Waals surface area contributed by atoms with E-state index in [0.717, 1.165) is 109 Å². The van der Waals surface area contributed by atoms with Crippen molar-refractivity contribution in [2.24, 2.45) is 0 Å². The van der Waals surface area contributed by atoms with Gasteiger partial charge >= 0.3 is 5.97 Å². The van der Waals surface area contributed by atoms with E-state index in [9.17, 15) is 19.8 Å². The summed E-state index contributed by atoms with van der Waals surface area (Å²) in [5.74, 6) is -0.531. The molecule has 0 aromatic carbocycles. The lowest BCUT2D eigenvalue weighted by Crippen LogP contribution is -2.46. The second-order valence-electron chi connectivity index (χ2n) is 17.6. The third-order valence-electron chi connectivity index (χ3n) is 11.5. The molecule has 0 radical (unpaired) electrons. The summed E-state index contributed by atoms with van der Waals surface area (Å²) >= 11 is 0. The third kappa shape index (κ3) is 43.9. The van der Waals surface area contributed by atoms with E-state index >= 15 is 0 Å². The lowest BCUT2D eigenvalue weighted by atomic mass is 10.0. The maximum absolute atomic E-state index is 13.2. The van der Waals surface area contributed by atoms with Gasteiger partial charge in [-0.1, -0.05) is 216 Å². The Bertz CT molecular complexity index is 1150. The largest absolute Gasteiger partial charge is 0.462 e. The summed E-state index contributed by atoms with van der Waals surface area (Å²) in [6.45, 7) is 6.33. The molecule has 0 bridgehead atoms. The van der Waals surface area contributed by atoms with Crippen LogP contribution < -0.4 is 5.32 Å². The first-order chi connectivity index (χ1) is 30.5. The summed E-state index contributed by atoms with van der Waals surface area (Å²) in [5, 5.41) is 23.8. The van der Waals surface area contributed by atoms with E-state index in [4.69, 9.17) is 4.74 Å². The van der Waals surface area contributed by atoms with Crippen LogP contribution in [-0.2, 0) is 14.3 Å². The van der Waals surface area contributed by atoms with Crippen LogP contribution in [0, 0.1) is 0 Å². The van der Waals surface area contributed by atoms with Crippen LogP contribution in [0.4, 0.5) is 0 Å². The Balaban J connectivity index is 4.65. The van der Waals surface area contributed by atoms with E-state index in [2.05, 4.69) is 99.0 Å². The topological polar surface area (TPSA) is 95.9 Å². The van der Waals surface area contributed by atoms with Gasteiger partial charge < -0.3 is 20.3 Å². The summed E-state index contributed by atoms with van der Waals surface area (Å²) in [5.41, 5.74) is 0. The number of aliphatic hydroxyl groups excluding tert-OH is 2. The van der Waals surface area contributed by atoms with Gasteiger partial charge in [-0.05, 0) is 89.9 Å². The standard InChI is InChI=1S/C56H99NO5/c1-4-7-10-13-16-19-22-25-27-28-31-34-37-40-43-46-49-56(61)62-52(47-44-41-38-35-32-29-24-21-18-15-12-9-6-3)50-55(60)57-53(51-58)54(59)48-45-42-39-36-33-30-26-23-20-17-14-11-8-5-2/h7,10,16,18-19,21,24-25,27,29,31,34,52-54,58-59H,4-6,8-9,11-15,17,20,22-23,26,28,30,32-33,35-51H2,1-3H3,(H,57,60)/b10-7+,19-16+,21-18+,27-25+,29-24+,34-31+. The molecule has 3 unspecified atom stereocenters. The lowest BCUT2D eigenvalue weighted by Gasteiger charge is -2.24. The first-order valence-corrected chi connectivity index (χ1v) is 26.2. The number of ether oxygens (including phenoxy) is 1. The van der Waals surface area contributed by atoms with Crippen LogP contribution in [0.1, 0.15) is 245 Å². The van der Waals surface area contributed by atoms with Gasteiger partial charge in [0.05, 0.1) is 25.2 Å². The summed E-state index contributed by atoms with van der Waals surface area (Å²) in [4.78, 5) is 26.1. The molecular weight excluding hydrogens is 767 g/mol. The summed E-state index contributed by atoms with van der Waals surface area (Å²) in [6, 6.07) is -0.717. The van der Waals surface area contributed by atoms with Crippen molar-refractivity contribution in [1.29, 1.82) is 0 Å². The molecule has 1 amide bonds. The van der Waals surface area contributed by atoms with E-state index in [0.29, 0.717) is 19.3 Å². The molecule has 0 aromatic rings. The Morgan fingerprint density at radius 1 is 0.500 bits per heavy atom. The molecule has 6 nitrogen and oxygen atoms in total. The highest BCUT2D eigenvalue weighted by Crippen LogP contribution is 2.17. The smallest absolute Gasteiger partial charge is 0.306 e. The van der Waals surface area contributed by atoms with Gasteiger partial charge in [0.2, 0.25) is 5.91 Å². The first-order valence-electron chi connectivity index (χ1n) is 26.2. The Morgan fingerprint density at radius 2 is 0.919 bits per heavy atom. The number of carbonyl (C=O) groups excluding carboxylic acids is 2. The zero-order chi connectivity index (χ0) is 45.2. The van der Waals surface area contributed by atoms with E-state index in [1.54, 1.807) is 0 Å². The number of amides is 1. The van der Waals surface area contributed by atoms with Crippen LogP contribution in [0.25, 0.3) is 0 Å². The molecule has 0 rings (SSSR count). The Labute approximate surface area is 383 Å². The van der Waals surface area contributed by atoms with Crippen molar-refractivity contribution in [3.8, 4) is 0 Å². The molecule has 0 aliphatic rings. The van der Waals surface area contributed by atoms with Crippen LogP contribution in [0.2, 0.25) is 0 Å². The predicted molar refractivity (Wildman–Crippen MR) is 268 cm³/mol. The van der Waals surface area contributed by atoms with Crippen molar-refractivity contribution < 1.29 is 24.5 Å². The lowest BCUT2D eigenvalue weighted by molar-refractivity contribution is -0.151. The average Bonchev–Trinajstić information content (AvgIpc) is 3.26. The number of allylic oxidation sites excluding steroid dienone is 12. The zero-order valence-electron chi connectivity index (χ0n) is 40.7. The highest BCUT2D eigenvalue weighted by Gasteiger charge is 2.24. The van der Waals surface area contributed by atoms with E-state index in [1.165, 1.54) is 89.9 Å². The molecule has 0 aliphatic heterocycles. The molecule has 0 saturated heterocycles. The van der Waals surface area contributed by atoms with Gasteiger partial charge in [0.15, 0.2) is 0 Å². The van der Waals surface area contributed by atoms with Gasteiger partial charge in [0, 0.05) is 6.42 Å². The minimum Gasteiger partial charge on any atom is -0.462 e. The fraction of sp³-hybridized carbons (Fsp3) is 0.750. The van der Waals surface area contributed by atoms with Gasteiger partial charge in [-0.25, -0.2) is 0 Å². The summed E-state index contributed by atoms with van der Waals surface area (Å²) in [7, 11) is 0. The first kappa shape index (κ1) is 59.3. The minimum atomic E-state index is -0.801. The highest BCUT2D eigenvalue weighted by atomic mass is 16.5. The number of unbranched alkanes of at least 4 members (excludes halogenated alkanes) is 23. The van der Waals surface area contributed by atoms with Crippen LogP contribution >= 0.6 is 0 Å². The van der Waals surface area contributed by atoms with Crippen molar-refractivity contribution in [1.82, 2.24) is 5.32 Å². The van der Waals surface area contributed by atoms with Crippen molar-refractivity contribution >= 4 is 11.9 Å². The van der Waals surface area contributed by atoms with E-state index in [-0.39, 0.29) is 24.9 Å². The maximum atomic E-state index is 13.2. The Morgan fingerprint density at radius 3 is 1.45 bits per heavy atom. The molecule has 0 heterocycles. The maximum Gasteiger partial charge on any atom is 0.306 e. The van der Waals surface area contributed by atoms with Crippen molar-refractivity contribution in [2.75, 3.05) is 6.61 Å². The highest BCUT2D eigenvalue weighted by molar-refractivity contribution is 5.77. The second kappa shape index (κ2) is 49.3. The monoisotopic (exact) mass is 866 g/mol. The average molecular weight is 866 g/mol. The van der Waals surface area contributed by atoms with Gasteiger partial charge in [-0.2, -0.15) is 0 Å². The van der Waals surface area contributed by atoms with Crippen molar-refractivity contribution in [2.45, 2.75) is 264 Å².